The Bertz CT molecular complexity index is 379. The van der Waals surface area contributed by atoms with E-state index < -0.39 is 0 Å². The average molecular weight is 274 g/mol. The van der Waals surface area contributed by atoms with Crippen molar-refractivity contribution in [2.45, 2.75) is 65.0 Å². The van der Waals surface area contributed by atoms with Gasteiger partial charge in [-0.25, -0.2) is 0 Å². The van der Waals surface area contributed by atoms with E-state index in [1.54, 1.807) is 0 Å². The molecule has 0 radical (unpaired) electrons. The second kappa shape index (κ2) is 7.68. The van der Waals surface area contributed by atoms with Gasteiger partial charge in [0.2, 0.25) is 0 Å². The zero-order valence-corrected chi connectivity index (χ0v) is 13.4. The summed E-state index contributed by atoms with van der Waals surface area (Å²) in [6, 6.07) is 10.4. The van der Waals surface area contributed by atoms with Crippen LogP contribution in [0.2, 0.25) is 0 Å². The van der Waals surface area contributed by atoms with Crippen molar-refractivity contribution in [2.24, 2.45) is 0 Å². The van der Waals surface area contributed by atoms with Crippen molar-refractivity contribution in [3.63, 3.8) is 0 Å². The Hall–Kier alpha value is -1.02. The standard InChI is InChI=1S/C18H30N2/c1-4-19-15(3)16-11-13-18(14-12-16)20(5-2)17-9-7-6-8-10-17/h11-15,17,19H,4-10H2,1-3H3. The molecule has 1 saturated carbocycles. The zero-order chi connectivity index (χ0) is 14.4. The lowest BCUT2D eigenvalue weighted by atomic mass is 9.93. The van der Waals surface area contributed by atoms with Crippen LogP contribution in [0.15, 0.2) is 24.3 Å². The van der Waals surface area contributed by atoms with E-state index in [0.717, 1.165) is 19.1 Å². The van der Waals surface area contributed by atoms with Crippen LogP contribution < -0.4 is 10.2 Å². The van der Waals surface area contributed by atoms with Crippen LogP contribution in [0.3, 0.4) is 0 Å². The Morgan fingerprint density at radius 3 is 2.30 bits per heavy atom. The summed E-state index contributed by atoms with van der Waals surface area (Å²) in [5.41, 5.74) is 2.78. The first kappa shape index (κ1) is 15.4. The van der Waals surface area contributed by atoms with Crippen LogP contribution in [-0.4, -0.2) is 19.1 Å². The normalized spacial score (nSPS) is 17.9. The van der Waals surface area contributed by atoms with Gasteiger partial charge in [-0.3, -0.25) is 0 Å². The lowest BCUT2D eigenvalue weighted by Gasteiger charge is -2.35. The quantitative estimate of drug-likeness (QED) is 0.820. The zero-order valence-electron chi connectivity index (χ0n) is 13.4. The Morgan fingerprint density at radius 2 is 1.75 bits per heavy atom. The summed E-state index contributed by atoms with van der Waals surface area (Å²) in [6.45, 7) is 8.81. The molecule has 20 heavy (non-hydrogen) atoms. The summed E-state index contributed by atoms with van der Waals surface area (Å²) >= 11 is 0. The third kappa shape index (κ3) is 3.76. The fourth-order valence-corrected chi connectivity index (χ4v) is 3.42. The lowest BCUT2D eigenvalue weighted by Crippen LogP contribution is -2.36. The highest BCUT2D eigenvalue weighted by Gasteiger charge is 2.20. The van der Waals surface area contributed by atoms with Crippen LogP contribution in [0.5, 0.6) is 0 Å². The molecule has 0 aromatic heterocycles. The second-order valence-electron chi connectivity index (χ2n) is 5.95. The first-order valence-electron chi connectivity index (χ1n) is 8.36. The monoisotopic (exact) mass is 274 g/mol. The molecule has 1 aliphatic carbocycles. The van der Waals surface area contributed by atoms with Gasteiger partial charge in [-0.2, -0.15) is 0 Å². The molecule has 1 atom stereocenters. The van der Waals surface area contributed by atoms with Crippen LogP contribution in [0.1, 0.15) is 64.5 Å². The smallest absolute Gasteiger partial charge is 0.0368 e. The van der Waals surface area contributed by atoms with Gasteiger partial charge in [0.05, 0.1) is 0 Å². The van der Waals surface area contributed by atoms with Gasteiger partial charge in [0.25, 0.3) is 0 Å². The highest BCUT2D eigenvalue weighted by Crippen LogP contribution is 2.28. The molecule has 112 valence electrons. The van der Waals surface area contributed by atoms with Crippen LogP contribution in [0.25, 0.3) is 0 Å². The minimum absolute atomic E-state index is 0.443. The first-order chi connectivity index (χ1) is 9.76. The molecular formula is C18H30N2. The largest absolute Gasteiger partial charge is 0.369 e. The summed E-state index contributed by atoms with van der Waals surface area (Å²) in [4.78, 5) is 2.60. The molecule has 2 heteroatoms. The third-order valence-electron chi connectivity index (χ3n) is 4.59. The van der Waals surface area contributed by atoms with E-state index in [2.05, 4.69) is 55.3 Å². The number of nitrogens with one attached hydrogen (secondary N) is 1. The summed E-state index contributed by atoms with van der Waals surface area (Å²) < 4.78 is 0. The maximum Gasteiger partial charge on any atom is 0.0368 e. The molecule has 2 nitrogen and oxygen atoms in total. The van der Waals surface area contributed by atoms with Gasteiger partial charge in [-0.15, -0.1) is 0 Å². The summed E-state index contributed by atoms with van der Waals surface area (Å²) in [5, 5.41) is 3.47. The van der Waals surface area contributed by atoms with Crippen molar-refractivity contribution < 1.29 is 0 Å². The number of benzene rings is 1. The second-order valence-corrected chi connectivity index (χ2v) is 5.95. The van der Waals surface area contributed by atoms with Crippen LogP contribution in [-0.2, 0) is 0 Å². The molecule has 0 heterocycles. The maximum atomic E-state index is 3.47. The first-order valence-corrected chi connectivity index (χ1v) is 8.36. The highest BCUT2D eigenvalue weighted by atomic mass is 15.2. The molecule has 1 fully saturated rings. The van der Waals surface area contributed by atoms with Crippen LogP contribution >= 0.6 is 0 Å². The predicted octanol–water partition coefficient (Wildman–Crippen LogP) is 4.52. The predicted molar refractivity (Wildman–Crippen MR) is 88.4 cm³/mol. The Kier molecular flexibility index (Phi) is 5.90. The van der Waals surface area contributed by atoms with Crippen LogP contribution in [0, 0.1) is 0 Å². The molecule has 0 amide bonds. The summed E-state index contributed by atoms with van der Waals surface area (Å²) in [7, 11) is 0. The minimum atomic E-state index is 0.443. The number of rotatable bonds is 6. The van der Waals surface area contributed by atoms with Gasteiger partial charge in [0, 0.05) is 24.3 Å². The molecule has 1 aromatic rings. The number of nitrogens with zero attached hydrogens (tertiary/aromatic N) is 1. The fourth-order valence-electron chi connectivity index (χ4n) is 3.42. The van der Waals surface area contributed by atoms with Crippen molar-refractivity contribution in [2.75, 3.05) is 18.0 Å². The van der Waals surface area contributed by atoms with E-state index in [9.17, 15) is 0 Å². The fraction of sp³-hybridized carbons (Fsp3) is 0.667. The summed E-state index contributed by atoms with van der Waals surface area (Å²) in [5.74, 6) is 0. The molecule has 0 aliphatic heterocycles. The average Bonchev–Trinajstić information content (AvgIpc) is 2.50. The molecule has 2 rings (SSSR count). The van der Waals surface area contributed by atoms with E-state index in [1.807, 2.05) is 0 Å². The van der Waals surface area contributed by atoms with E-state index in [0.29, 0.717) is 6.04 Å². The highest BCUT2D eigenvalue weighted by molar-refractivity contribution is 5.49. The van der Waals surface area contributed by atoms with Gasteiger partial charge < -0.3 is 10.2 Å². The molecule has 1 aromatic carbocycles. The van der Waals surface area contributed by atoms with Gasteiger partial charge >= 0.3 is 0 Å². The Balaban J connectivity index is 2.06. The topological polar surface area (TPSA) is 15.3 Å². The van der Waals surface area contributed by atoms with E-state index in [4.69, 9.17) is 0 Å². The molecule has 0 bridgehead atoms. The molecule has 0 spiro atoms. The molecule has 1 unspecified atom stereocenters. The molecule has 1 N–H and O–H groups in total. The van der Waals surface area contributed by atoms with E-state index in [1.165, 1.54) is 43.4 Å². The van der Waals surface area contributed by atoms with Gasteiger partial charge in [-0.05, 0) is 50.9 Å². The SMILES string of the molecule is CCNC(C)c1ccc(N(CC)C2CCCCC2)cc1. The molecule has 0 saturated heterocycles. The third-order valence-corrected chi connectivity index (χ3v) is 4.59. The lowest BCUT2D eigenvalue weighted by molar-refractivity contribution is 0.418. The Labute approximate surface area is 124 Å². The molecule has 1 aliphatic rings. The van der Waals surface area contributed by atoms with E-state index >= 15 is 0 Å². The number of hydrogen-bond donors (Lipinski definition) is 1. The Morgan fingerprint density at radius 1 is 1.10 bits per heavy atom. The van der Waals surface area contributed by atoms with Crippen molar-refractivity contribution in [3.05, 3.63) is 29.8 Å². The van der Waals surface area contributed by atoms with Crippen molar-refractivity contribution in [3.8, 4) is 0 Å². The van der Waals surface area contributed by atoms with Crippen molar-refractivity contribution >= 4 is 5.69 Å². The number of hydrogen-bond acceptors (Lipinski definition) is 2. The van der Waals surface area contributed by atoms with Gasteiger partial charge in [0.15, 0.2) is 0 Å². The van der Waals surface area contributed by atoms with E-state index in [-0.39, 0.29) is 0 Å². The molecular weight excluding hydrogens is 244 g/mol. The summed E-state index contributed by atoms with van der Waals surface area (Å²) in [6.07, 6.45) is 6.95. The van der Waals surface area contributed by atoms with Gasteiger partial charge in [-0.1, -0.05) is 38.3 Å². The maximum absolute atomic E-state index is 3.47. The van der Waals surface area contributed by atoms with Gasteiger partial charge in [0.1, 0.15) is 0 Å². The number of anilines is 1. The minimum Gasteiger partial charge on any atom is -0.369 e. The van der Waals surface area contributed by atoms with Crippen molar-refractivity contribution in [1.29, 1.82) is 0 Å². The van der Waals surface area contributed by atoms with Crippen molar-refractivity contribution in [1.82, 2.24) is 5.32 Å². The van der Waals surface area contributed by atoms with Crippen LogP contribution in [0.4, 0.5) is 5.69 Å².